The molecular formula is C26H24N2O3. The number of nitrogens with zero attached hydrogens (tertiary/aromatic N) is 1. The number of rotatable bonds is 8. The van der Waals surface area contributed by atoms with Gasteiger partial charge in [0.15, 0.2) is 6.61 Å². The Kier molecular flexibility index (Phi) is 7.45. The average Bonchev–Trinajstić information content (AvgIpc) is 2.82. The van der Waals surface area contributed by atoms with Crippen LogP contribution in [0, 0.1) is 12.3 Å². The maximum atomic E-state index is 13.0. The van der Waals surface area contributed by atoms with Crippen LogP contribution in [-0.2, 0) is 16.0 Å². The highest BCUT2D eigenvalue weighted by Gasteiger charge is 2.20. The molecule has 5 nitrogen and oxygen atoms in total. The predicted molar refractivity (Wildman–Crippen MR) is 122 cm³/mol. The van der Waals surface area contributed by atoms with E-state index in [0.717, 1.165) is 11.1 Å². The van der Waals surface area contributed by atoms with E-state index < -0.39 is 0 Å². The lowest BCUT2D eigenvalue weighted by atomic mass is 10.0. The Morgan fingerprint density at radius 1 is 1.00 bits per heavy atom. The molecule has 0 fully saturated rings. The van der Waals surface area contributed by atoms with Crippen molar-refractivity contribution in [1.82, 2.24) is 5.32 Å². The van der Waals surface area contributed by atoms with Gasteiger partial charge in [-0.05, 0) is 35.4 Å². The molecule has 31 heavy (non-hydrogen) atoms. The van der Waals surface area contributed by atoms with Crippen LogP contribution in [0.2, 0.25) is 0 Å². The number of terminal acetylenes is 1. The predicted octanol–water partition coefficient (Wildman–Crippen LogP) is 3.42. The summed E-state index contributed by atoms with van der Waals surface area (Å²) < 4.78 is 5.88. The molecule has 3 aromatic carbocycles. The van der Waals surface area contributed by atoms with Gasteiger partial charge in [-0.3, -0.25) is 9.59 Å². The standard InChI is InChI=1S/C26H24N2O3/c1-3-20-12-9-14-23(17-20)28(18-25(29)27-2)26(30)19-31-24-15-8-7-13-22(24)16-21-10-5-4-6-11-21/h1,4-15,17H,16,18-19H2,2H3,(H,27,29). The molecule has 0 unspecified atom stereocenters. The summed E-state index contributed by atoms with van der Waals surface area (Å²) in [5.74, 6) is 2.55. The molecule has 156 valence electrons. The van der Waals surface area contributed by atoms with E-state index in [4.69, 9.17) is 11.2 Å². The number of ether oxygens (including phenoxy) is 1. The van der Waals surface area contributed by atoms with E-state index >= 15 is 0 Å². The minimum absolute atomic E-state index is 0.127. The number of anilines is 1. The van der Waals surface area contributed by atoms with Crippen LogP contribution in [0.1, 0.15) is 16.7 Å². The summed E-state index contributed by atoms with van der Waals surface area (Å²) >= 11 is 0. The molecule has 0 spiro atoms. The molecule has 0 atom stereocenters. The molecule has 2 amide bonds. The Hall–Kier alpha value is -4.04. The van der Waals surface area contributed by atoms with Crippen molar-refractivity contribution >= 4 is 17.5 Å². The van der Waals surface area contributed by atoms with Crippen molar-refractivity contribution in [2.45, 2.75) is 6.42 Å². The molecule has 3 rings (SSSR count). The fraction of sp³-hybridized carbons (Fsp3) is 0.154. The van der Waals surface area contributed by atoms with Crippen LogP contribution < -0.4 is 15.0 Å². The lowest BCUT2D eigenvalue weighted by molar-refractivity contribution is -0.124. The molecule has 0 aliphatic carbocycles. The van der Waals surface area contributed by atoms with Crippen LogP contribution in [0.25, 0.3) is 0 Å². The van der Waals surface area contributed by atoms with Crippen molar-refractivity contribution in [1.29, 1.82) is 0 Å². The number of amides is 2. The summed E-state index contributed by atoms with van der Waals surface area (Å²) in [6.45, 7) is -0.332. The first-order valence-electron chi connectivity index (χ1n) is 9.93. The van der Waals surface area contributed by atoms with Gasteiger partial charge < -0.3 is 15.0 Å². The van der Waals surface area contributed by atoms with Gasteiger partial charge in [-0.25, -0.2) is 0 Å². The highest BCUT2D eigenvalue weighted by molar-refractivity contribution is 5.99. The van der Waals surface area contributed by atoms with Crippen LogP contribution >= 0.6 is 0 Å². The van der Waals surface area contributed by atoms with Crippen LogP contribution in [0.3, 0.4) is 0 Å². The summed E-state index contributed by atoms with van der Waals surface area (Å²) in [6.07, 6.45) is 6.17. The molecule has 0 bridgehead atoms. The molecule has 0 saturated heterocycles. The summed E-state index contributed by atoms with van der Waals surface area (Å²) in [4.78, 5) is 26.4. The van der Waals surface area contributed by atoms with Crippen molar-refractivity contribution < 1.29 is 14.3 Å². The SMILES string of the molecule is C#Cc1cccc(N(CC(=O)NC)C(=O)COc2ccccc2Cc2ccccc2)c1. The number of carbonyl (C=O) groups is 2. The van der Waals surface area contributed by atoms with E-state index in [2.05, 4.69) is 11.2 Å². The van der Waals surface area contributed by atoms with E-state index in [1.807, 2.05) is 54.6 Å². The van der Waals surface area contributed by atoms with E-state index in [9.17, 15) is 9.59 Å². The monoisotopic (exact) mass is 412 g/mol. The van der Waals surface area contributed by atoms with Gasteiger partial charge in [-0.15, -0.1) is 6.42 Å². The van der Waals surface area contributed by atoms with Crippen molar-refractivity contribution in [3.8, 4) is 18.1 Å². The molecule has 3 aromatic rings. The molecule has 0 saturated carbocycles. The van der Waals surface area contributed by atoms with Crippen molar-refractivity contribution in [2.75, 3.05) is 25.1 Å². The Bertz CT molecular complexity index is 1090. The quantitative estimate of drug-likeness (QED) is 0.577. The van der Waals surface area contributed by atoms with Gasteiger partial charge in [0.2, 0.25) is 5.91 Å². The summed E-state index contributed by atoms with van der Waals surface area (Å²) in [5, 5.41) is 2.54. The van der Waals surface area contributed by atoms with Gasteiger partial charge in [0.25, 0.3) is 5.91 Å². The fourth-order valence-electron chi connectivity index (χ4n) is 3.13. The summed E-state index contributed by atoms with van der Waals surface area (Å²) in [6, 6.07) is 24.6. The van der Waals surface area contributed by atoms with Crippen molar-refractivity contribution in [2.24, 2.45) is 0 Å². The third kappa shape index (κ3) is 5.97. The molecule has 0 aliphatic rings. The van der Waals surface area contributed by atoms with Gasteiger partial charge >= 0.3 is 0 Å². The number of hydrogen-bond acceptors (Lipinski definition) is 3. The number of hydrogen-bond donors (Lipinski definition) is 1. The minimum Gasteiger partial charge on any atom is -0.483 e. The minimum atomic E-state index is -0.340. The molecule has 0 radical (unpaired) electrons. The highest BCUT2D eigenvalue weighted by Crippen LogP contribution is 2.22. The van der Waals surface area contributed by atoms with E-state index in [0.29, 0.717) is 23.4 Å². The second kappa shape index (κ2) is 10.7. The average molecular weight is 412 g/mol. The molecule has 5 heteroatoms. The van der Waals surface area contributed by atoms with Gasteiger partial charge in [0.05, 0.1) is 0 Å². The topological polar surface area (TPSA) is 58.6 Å². The highest BCUT2D eigenvalue weighted by atomic mass is 16.5. The zero-order valence-corrected chi connectivity index (χ0v) is 17.4. The third-order valence-electron chi connectivity index (χ3n) is 4.77. The number of para-hydroxylation sites is 1. The second-order valence-corrected chi connectivity index (χ2v) is 6.91. The maximum Gasteiger partial charge on any atom is 0.265 e. The number of nitrogens with one attached hydrogen (secondary N) is 1. The Labute approximate surface area is 182 Å². The lowest BCUT2D eigenvalue weighted by Gasteiger charge is -2.23. The van der Waals surface area contributed by atoms with E-state index in [-0.39, 0.29) is 25.0 Å². The van der Waals surface area contributed by atoms with Crippen LogP contribution in [-0.4, -0.2) is 32.0 Å². The molecular weight excluding hydrogens is 388 g/mol. The fourth-order valence-corrected chi connectivity index (χ4v) is 3.13. The molecule has 0 aromatic heterocycles. The zero-order chi connectivity index (χ0) is 22.1. The molecule has 1 N–H and O–H groups in total. The van der Waals surface area contributed by atoms with Crippen LogP contribution in [0.15, 0.2) is 78.9 Å². The van der Waals surface area contributed by atoms with Crippen LogP contribution in [0.4, 0.5) is 5.69 Å². The molecule has 0 heterocycles. The number of likely N-dealkylation sites (N-methyl/N-ethyl adjacent to an activating group) is 1. The lowest BCUT2D eigenvalue weighted by Crippen LogP contribution is -2.42. The molecule has 0 aliphatic heterocycles. The van der Waals surface area contributed by atoms with Crippen molar-refractivity contribution in [3.05, 3.63) is 95.6 Å². The first-order chi connectivity index (χ1) is 15.1. The number of carbonyl (C=O) groups excluding carboxylic acids is 2. The van der Waals surface area contributed by atoms with Gasteiger partial charge in [-0.2, -0.15) is 0 Å². The Morgan fingerprint density at radius 2 is 1.74 bits per heavy atom. The van der Waals surface area contributed by atoms with Crippen molar-refractivity contribution in [3.63, 3.8) is 0 Å². The Morgan fingerprint density at radius 3 is 2.48 bits per heavy atom. The first kappa shape index (κ1) is 21.7. The summed E-state index contributed by atoms with van der Waals surface area (Å²) in [7, 11) is 1.53. The number of benzene rings is 3. The third-order valence-corrected chi connectivity index (χ3v) is 4.77. The zero-order valence-electron chi connectivity index (χ0n) is 17.4. The largest absolute Gasteiger partial charge is 0.483 e. The van der Waals surface area contributed by atoms with E-state index in [1.165, 1.54) is 11.9 Å². The normalized spacial score (nSPS) is 10.1. The van der Waals surface area contributed by atoms with Gasteiger partial charge in [0, 0.05) is 24.7 Å². The summed E-state index contributed by atoms with van der Waals surface area (Å²) in [5.41, 5.74) is 3.30. The first-order valence-corrected chi connectivity index (χ1v) is 9.93. The second-order valence-electron chi connectivity index (χ2n) is 6.91. The van der Waals surface area contributed by atoms with Crippen LogP contribution in [0.5, 0.6) is 5.75 Å². The maximum absolute atomic E-state index is 13.0. The van der Waals surface area contributed by atoms with Gasteiger partial charge in [0.1, 0.15) is 12.3 Å². The van der Waals surface area contributed by atoms with E-state index in [1.54, 1.807) is 24.3 Å². The van der Waals surface area contributed by atoms with Gasteiger partial charge in [-0.1, -0.05) is 60.5 Å². The smallest absolute Gasteiger partial charge is 0.265 e. The Balaban J connectivity index is 1.77.